The van der Waals surface area contributed by atoms with Crippen molar-refractivity contribution in [2.45, 2.75) is 31.3 Å². The Morgan fingerprint density at radius 3 is 2.53 bits per heavy atom. The predicted octanol–water partition coefficient (Wildman–Crippen LogP) is -0.397. The Kier molecular flexibility index (Phi) is 2.82. The Morgan fingerprint density at radius 1 is 1.47 bits per heavy atom. The zero-order valence-corrected chi connectivity index (χ0v) is 10.2. The summed E-state index contributed by atoms with van der Waals surface area (Å²) in [5.41, 5.74) is 4.85. The van der Waals surface area contributed by atoms with Crippen molar-refractivity contribution in [3.8, 4) is 0 Å². The Bertz CT molecular complexity index is 525. The normalized spacial score (nSPS) is 18.1. The van der Waals surface area contributed by atoms with Crippen LogP contribution in [-0.4, -0.2) is 34.1 Å². The molecule has 2 rings (SSSR count). The fraction of sp³-hybridized carbons (Fsp3) is 0.636. The molecule has 0 saturated heterocycles. The molecule has 0 atom stereocenters. The van der Waals surface area contributed by atoms with Crippen LogP contribution < -0.4 is 17.0 Å². The molecule has 3 N–H and O–H groups in total. The zero-order valence-electron chi connectivity index (χ0n) is 10.2. The van der Waals surface area contributed by atoms with Gasteiger partial charge in [-0.3, -0.25) is 14.3 Å². The largest absolute Gasteiger partial charge is 0.385 e. The number of aromatic amines is 1. The number of nitrogens with two attached hydrogens (primary N) is 1. The predicted molar refractivity (Wildman–Crippen MR) is 66.0 cm³/mol. The molecule has 1 fully saturated rings. The molecule has 0 unspecified atom stereocenters. The van der Waals surface area contributed by atoms with Crippen molar-refractivity contribution < 1.29 is 0 Å². The topological polar surface area (TPSA) is 84.1 Å². The van der Waals surface area contributed by atoms with E-state index in [1.54, 1.807) is 0 Å². The van der Waals surface area contributed by atoms with Crippen molar-refractivity contribution in [3.63, 3.8) is 0 Å². The van der Waals surface area contributed by atoms with Gasteiger partial charge in [-0.2, -0.15) is 0 Å². The molecule has 1 aliphatic carbocycles. The second-order valence-corrected chi connectivity index (χ2v) is 4.92. The maximum atomic E-state index is 11.7. The third-order valence-electron chi connectivity index (χ3n) is 3.75. The van der Waals surface area contributed by atoms with Crippen LogP contribution in [0.3, 0.4) is 0 Å². The maximum Gasteiger partial charge on any atom is 0.329 e. The molecule has 1 aromatic rings. The lowest BCUT2D eigenvalue weighted by Crippen LogP contribution is -2.54. The average Bonchev–Trinajstić information content (AvgIpc) is 2.13. The van der Waals surface area contributed by atoms with Crippen molar-refractivity contribution in [1.29, 1.82) is 0 Å². The lowest BCUT2D eigenvalue weighted by Gasteiger charge is -2.47. The van der Waals surface area contributed by atoms with Crippen LogP contribution >= 0.6 is 0 Å². The molecule has 94 valence electrons. The number of nitrogen functional groups attached to an aromatic ring is 1. The van der Waals surface area contributed by atoms with Gasteiger partial charge in [0.25, 0.3) is 5.56 Å². The van der Waals surface area contributed by atoms with Crippen LogP contribution in [0.2, 0.25) is 0 Å². The minimum Gasteiger partial charge on any atom is -0.385 e. The van der Waals surface area contributed by atoms with Gasteiger partial charge >= 0.3 is 5.69 Å². The molecule has 17 heavy (non-hydrogen) atoms. The van der Waals surface area contributed by atoms with E-state index in [1.807, 2.05) is 14.1 Å². The molecule has 0 aliphatic heterocycles. The van der Waals surface area contributed by atoms with Crippen LogP contribution in [0.1, 0.15) is 19.3 Å². The van der Waals surface area contributed by atoms with Crippen molar-refractivity contribution in [1.82, 2.24) is 14.5 Å². The minimum absolute atomic E-state index is 0.00378. The molecule has 1 saturated carbocycles. The van der Waals surface area contributed by atoms with Gasteiger partial charge in [0, 0.05) is 18.2 Å². The molecule has 1 aliphatic rings. The van der Waals surface area contributed by atoms with Gasteiger partial charge in [-0.05, 0) is 33.4 Å². The Morgan fingerprint density at radius 2 is 2.12 bits per heavy atom. The van der Waals surface area contributed by atoms with Gasteiger partial charge in [0.15, 0.2) is 0 Å². The molecule has 0 amide bonds. The van der Waals surface area contributed by atoms with Crippen LogP contribution in [0.4, 0.5) is 5.82 Å². The molecular weight excluding hydrogens is 220 g/mol. The van der Waals surface area contributed by atoms with Crippen LogP contribution in [0.5, 0.6) is 0 Å². The Labute approximate surface area is 99.1 Å². The molecule has 1 aromatic heterocycles. The summed E-state index contributed by atoms with van der Waals surface area (Å²) in [7, 11) is 4.01. The first kappa shape index (κ1) is 11.9. The van der Waals surface area contributed by atoms with Gasteiger partial charge in [-0.15, -0.1) is 0 Å². The monoisotopic (exact) mass is 238 g/mol. The highest BCUT2D eigenvalue weighted by Crippen LogP contribution is 2.37. The van der Waals surface area contributed by atoms with E-state index in [0.29, 0.717) is 6.54 Å². The molecule has 6 nitrogen and oxygen atoms in total. The number of nitrogens with zero attached hydrogens (tertiary/aromatic N) is 2. The third-order valence-corrected chi connectivity index (χ3v) is 3.75. The van der Waals surface area contributed by atoms with Gasteiger partial charge in [-0.1, -0.05) is 0 Å². The van der Waals surface area contributed by atoms with Crippen molar-refractivity contribution in [2.75, 3.05) is 19.8 Å². The van der Waals surface area contributed by atoms with Gasteiger partial charge in [0.2, 0.25) is 0 Å². The number of hydrogen-bond acceptors (Lipinski definition) is 4. The fourth-order valence-corrected chi connectivity index (χ4v) is 2.33. The van der Waals surface area contributed by atoms with Crippen LogP contribution in [0, 0.1) is 0 Å². The van der Waals surface area contributed by atoms with E-state index in [-0.39, 0.29) is 11.4 Å². The maximum absolute atomic E-state index is 11.7. The Hall–Kier alpha value is -1.56. The van der Waals surface area contributed by atoms with E-state index in [1.165, 1.54) is 10.6 Å². The number of H-pyrrole nitrogens is 1. The fourth-order valence-electron chi connectivity index (χ4n) is 2.33. The van der Waals surface area contributed by atoms with E-state index < -0.39 is 11.2 Å². The summed E-state index contributed by atoms with van der Waals surface area (Å²) in [5.74, 6) is 0.229. The van der Waals surface area contributed by atoms with Gasteiger partial charge in [0.05, 0.1) is 0 Å². The second kappa shape index (κ2) is 4.03. The standard InChI is InChI=1S/C11H18N4O2/c1-14(2)11(4-3-5-11)7-15-8(12)6-9(16)13-10(15)17/h6H,3-5,7,12H2,1-2H3,(H,13,16,17). The summed E-state index contributed by atoms with van der Waals surface area (Å²) in [4.78, 5) is 27.2. The van der Waals surface area contributed by atoms with Gasteiger partial charge in [-0.25, -0.2) is 4.79 Å². The molecule has 0 bridgehead atoms. The number of aromatic nitrogens is 2. The number of hydrogen-bond donors (Lipinski definition) is 2. The molecular formula is C11H18N4O2. The van der Waals surface area contributed by atoms with Crippen LogP contribution in [0.25, 0.3) is 0 Å². The van der Waals surface area contributed by atoms with E-state index >= 15 is 0 Å². The van der Waals surface area contributed by atoms with Gasteiger partial charge < -0.3 is 10.6 Å². The molecule has 0 spiro atoms. The number of nitrogens with one attached hydrogen (secondary N) is 1. The summed E-state index contributed by atoms with van der Waals surface area (Å²) in [6.07, 6.45) is 3.26. The van der Waals surface area contributed by atoms with Gasteiger partial charge in [0.1, 0.15) is 5.82 Å². The number of likely N-dealkylation sites (N-methyl/N-ethyl adjacent to an activating group) is 1. The average molecular weight is 238 g/mol. The SMILES string of the molecule is CN(C)C1(Cn2c(N)cc(=O)[nH]c2=O)CCC1. The molecule has 0 aromatic carbocycles. The van der Waals surface area contributed by atoms with Crippen molar-refractivity contribution in [2.24, 2.45) is 0 Å². The highest BCUT2D eigenvalue weighted by Gasteiger charge is 2.39. The lowest BCUT2D eigenvalue weighted by molar-refractivity contribution is 0.0416. The summed E-state index contributed by atoms with van der Waals surface area (Å²) in [6.45, 7) is 0.529. The first-order valence-electron chi connectivity index (χ1n) is 5.72. The van der Waals surface area contributed by atoms with Crippen LogP contribution in [0.15, 0.2) is 15.7 Å². The minimum atomic E-state index is -0.448. The highest BCUT2D eigenvalue weighted by atomic mass is 16.2. The summed E-state index contributed by atoms with van der Waals surface area (Å²) in [6, 6.07) is 1.25. The summed E-state index contributed by atoms with van der Waals surface area (Å²) < 4.78 is 1.44. The highest BCUT2D eigenvalue weighted by molar-refractivity contribution is 5.26. The second-order valence-electron chi connectivity index (χ2n) is 4.92. The summed E-state index contributed by atoms with van der Waals surface area (Å²) >= 11 is 0. The Balaban J connectivity index is 2.36. The first-order chi connectivity index (χ1) is 7.94. The zero-order chi connectivity index (χ0) is 12.6. The van der Waals surface area contributed by atoms with E-state index in [2.05, 4.69) is 9.88 Å². The van der Waals surface area contributed by atoms with Crippen LogP contribution in [-0.2, 0) is 6.54 Å². The quantitative estimate of drug-likeness (QED) is 0.750. The van der Waals surface area contributed by atoms with E-state index in [9.17, 15) is 9.59 Å². The third kappa shape index (κ3) is 2.00. The lowest BCUT2D eigenvalue weighted by atomic mass is 9.75. The van der Waals surface area contributed by atoms with E-state index in [0.717, 1.165) is 19.3 Å². The van der Waals surface area contributed by atoms with Crippen molar-refractivity contribution >= 4 is 5.82 Å². The number of rotatable bonds is 3. The number of anilines is 1. The molecule has 6 heteroatoms. The van der Waals surface area contributed by atoms with E-state index in [4.69, 9.17) is 5.73 Å². The molecule has 0 radical (unpaired) electrons. The van der Waals surface area contributed by atoms with Crippen molar-refractivity contribution in [3.05, 3.63) is 26.9 Å². The first-order valence-corrected chi connectivity index (χ1v) is 5.72. The molecule has 1 heterocycles. The summed E-state index contributed by atoms with van der Waals surface area (Å²) in [5, 5.41) is 0. The smallest absolute Gasteiger partial charge is 0.329 e.